The standard InChI is InChI=1S/C20H27NO3.H3N/c1-3-4-9-24-18-7-8-19-14(2)16(6-5-15(19)10-18)11-21-12-17(13-21)20(22)23;/h7-8,10,17H,3-6,9,11-13H2,1-2H3,(H,22,23);1H3. The lowest BCUT2D eigenvalue weighted by Gasteiger charge is -2.41. The lowest BCUT2D eigenvalue weighted by molar-refractivity contribution is -0.315. The number of quaternary nitrogens is 1. The minimum absolute atomic E-state index is 0. The van der Waals surface area contributed by atoms with Crippen LogP contribution in [0.5, 0.6) is 5.75 Å². The largest absolute Gasteiger partial charge is 0.550 e. The van der Waals surface area contributed by atoms with Gasteiger partial charge in [0.1, 0.15) is 5.75 Å². The molecule has 0 unspecified atom stereocenters. The second kappa shape index (κ2) is 8.50. The van der Waals surface area contributed by atoms with E-state index in [0.717, 1.165) is 44.6 Å². The number of unbranched alkanes of at least 4 members (excludes halogenated alkanes) is 1. The number of hydrogen-bond donors (Lipinski definition) is 1. The number of rotatable bonds is 7. The van der Waals surface area contributed by atoms with E-state index in [1.807, 2.05) is 0 Å². The van der Waals surface area contributed by atoms with Gasteiger partial charge in [-0.25, -0.2) is 0 Å². The zero-order valence-electron chi connectivity index (χ0n) is 15.6. The van der Waals surface area contributed by atoms with Crippen LogP contribution in [0.4, 0.5) is 0 Å². The molecule has 1 aromatic carbocycles. The predicted molar refractivity (Wildman–Crippen MR) is 98.7 cm³/mol. The van der Waals surface area contributed by atoms with Crippen molar-refractivity contribution in [1.82, 2.24) is 11.1 Å². The molecule has 1 heterocycles. The Balaban J connectivity index is 0.00000225. The van der Waals surface area contributed by atoms with Gasteiger partial charge < -0.3 is 20.8 Å². The summed E-state index contributed by atoms with van der Waals surface area (Å²) < 4.78 is 5.81. The molecule has 25 heavy (non-hydrogen) atoms. The average Bonchev–Trinajstić information content (AvgIpc) is 2.52. The van der Waals surface area contributed by atoms with Gasteiger partial charge in [-0.1, -0.05) is 25.0 Å². The van der Waals surface area contributed by atoms with E-state index in [4.69, 9.17) is 4.74 Å². The van der Waals surface area contributed by atoms with Crippen molar-refractivity contribution in [3.63, 3.8) is 0 Å². The van der Waals surface area contributed by atoms with E-state index in [9.17, 15) is 9.90 Å². The quantitative estimate of drug-likeness (QED) is 0.769. The normalized spacial score (nSPS) is 17.5. The fraction of sp³-hybridized carbons (Fsp3) is 0.550. The summed E-state index contributed by atoms with van der Waals surface area (Å²) in [5.41, 5.74) is 5.45. The Morgan fingerprint density at radius 2 is 2.08 bits per heavy atom. The number of benzene rings is 1. The Hall–Kier alpha value is -1.85. The molecule has 1 aliphatic heterocycles. The second-order valence-electron chi connectivity index (χ2n) is 6.96. The molecule has 2 aliphatic rings. The third-order valence-corrected chi connectivity index (χ3v) is 5.18. The van der Waals surface area contributed by atoms with Crippen LogP contribution in [-0.4, -0.2) is 37.1 Å². The number of allylic oxidation sites excluding steroid dienone is 1. The summed E-state index contributed by atoms with van der Waals surface area (Å²) >= 11 is 0. The van der Waals surface area contributed by atoms with Gasteiger partial charge in [-0.15, -0.1) is 0 Å². The van der Waals surface area contributed by atoms with Crippen molar-refractivity contribution >= 4 is 11.5 Å². The molecule has 4 N–H and O–H groups in total. The zero-order chi connectivity index (χ0) is 17.1. The van der Waals surface area contributed by atoms with E-state index in [2.05, 4.69) is 36.9 Å². The maximum Gasteiger partial charge on any atom is 0.119 e. The number of aryl methyl sites for hydroxylation is 1. The molecule has 1 fully saturated rings. The van der Waals surface area contributed by atoms with Gasteiger partial charge in [0, 0.05) is 31.5 Å². The van der Waals surface area contributed by atoms with Gasteiger partial charge in [0.05, 0.1) is 6.61 Å². The Morgan fingerprint density at radius 3 is 2.76 bits per heavy atom. The molecule has 1 aliphatic carbocycles. The number of fused-ring (bicyclic) bond motifs is 1. The number of carbonyl (C=O) groups excluding carboxylic acids is 1. The summed E-state index contributed by atoms with van der Waals surface area (Å²) in [7, 11) is 0. The van der Waals surface area contributed by atoms with E-state index >= 15 is 0 Å². The highest BCUT2D eigenvalue weighted by molar-refractivity contribution is 5.73. The fourth-order valence-electron chi connectivity index (χ4n) is 3.55. The van der Waals surface area contributed by atoms with Gasteiger partial charge >= 0.3 is 0 Å². The molecule has 0 atom stereocenters. The average molecular weight is 346 g/mol. The molecule has 0 spiro atoms. The maximum atomic E-state index is 10.8. The number of likely N-dealkylation sites (tertiary alicyclic amines) is 1. The number of hydrogen-bond acceptors (Lipinski definition) is 4. The van der Waals surface area contributed by atoms with Crippen molar-refractivity contribution in [2.45, 2.75) is 39.5 Å². The van der Waals surface area contributed by atoms with Crippen molar-refractivity contribution in [1.29, 1.82) is 0 Å². The van der Waals surface area contributed by atoms with E-state index in [0.29, 0.717) is 13.1 Å². The van der Waals surface area contributed by atoms with Crippen LogP contribution >= 0.6 is 0 Å². The van der Waals surface area contributed by atoms with Gasteiger partial charge in [0.2, 0.25) is 0 Å². The van der Waals surface area contributed by atoms with Crippen molar-refractivity contribution in [3.05, 3.63) is 34.9 Å². The first-order valence-corrected chi connectivity index (χ1v) is 8.96. The molecule has 1 aromatic rings. The van der Waals surface area contributed by atoms with Crippen LogP contribution in [-0.2, 0) is 11.2 Å². The Bertz CT molecular complexity index is 648. The number of carboxylic acids is 1. The summed E-state index contributed by atoms with van der Waals surface area (Å²) in [6.45, 7) is 7.25. The molecule has 0 radical (unpaired) electrons. The van der Waals surface area contributed by atoms with Gasteiger partial charge in [0.15, 0.2) is 0 Å². The summed E-state index contributed by atoms with van der Waals surface area (Å²) in [6, 6.07) is 6.42. The van der Waals surface area contributed by atoms with Gasteiger partial charge in [-0.2, -0.15) is 0 Å². The number of carboxylic acid groups (broad SMARTS) is 1. The highest BCUT2D eigenvalue weighted by Crippen LogP contribution is 2.34. The summed E-state index contributed by atoms with van der Waals surface area (Å²) in [4.78, 5) is 13.0. The van der Waals surface area contributed by atoms with Crippen molar-refractivity contribution < 1.29 is 14.6 Å². The smallest absolute Gasteiger partial charge is 0.119 e. The monoisotopic (exact) mass is 346 g/mol. The van der Waals surface area contributed by atoms with Crippen LogP contribution in [0.1, 0.15) is 44.2 Å². The van der Waals surface area contributed by atoms with Crippen molar-refractivity contribution in [2.75, 3.05) is 26.2 Å². The summed E-state index contributed by atoms with van der Waals surface area (Å²) in [5.74, 6) is -0.232. The first-order chi connectivity index (χ1) is 11.6. The summed E-state index contributed by atoms with van der Waals surface area (Å²) in [5, 5.41) is 10.8. The fourth-order valence-corrected chi connectivity index (χ4v) is 3.55. The van der Waals surface area contributed by atoms with E-state index in [-0.39, 0.29) is 12.1 Å². The number of ether oxygens (including phenoxy) is 1. The van der Waals surface area contributed by atoms with Gasteiger partial charge in [-0.3, -0.25) is 4.90 Å². The Morgan fingerprint density at radius 1 is 1.32 bits per heavy atom. The minimum Gasteiger partial charge on any atom is -0.550 e. The van der Waals surface area contributed by atoms with Crippen molar-refractivity contribution in [3.8, 4) is 5.75 Å². The van der Waals surface area contributed by atoms with Crippen LogP contribution in [0.15, 0.2) is 23.8 Å². The highest BCUT2D eigenvalue weighted by atomic mass is 16.5. The van der Waals surface area contributed by atoms with Gasteiger partial charge in [-0.05, 0) is 55.0 Å². The van der Waals surface area contributed by atoms with E-state index in [1.54, 1.807) is 0 Å². The Kier molecular flexibility index (Phi) is 6.62. The predicted octanol–water partition coefficient (Wildman–Crippen LogP) is 2.64. The maximum absolute atomic E-state index is 10.8. The molecule has 5 nitrogen and oxygen atoms in total. The highest BCUT2D eigenvalue weighted by Gasteiger charge is 2.29. The van der Waals surface area contributed by atoms with Gasteiger partial charge in [0.25, 0.3) is 0 Å². The molecule has 138 valence electrons. The third-order valence-electron chi connectivity index (χ3n) is 5.18. The molecule has 0 amide bonds. The zero-order valence-corrected chi connectivity index (χ0v) is 15.6. The van der Waals surface area contributed by atoms with Crippen LogP contribution in [0.25, 0.3) is 5.57 Å². The molecule has 1 saturated heterocycles. The number of aliphatic carboxylic acids is 1. The summed E-state index contributed by atoms with van der Waals surface area (Å²) in [6.07, 6.45) is 4.31. The molecule has 3 rings (SSSR count). The molecule has 0 aromatic heterocycles. The second-order valence-corrected chi connectivity index (χ2v) is 6.96. The number of carbonyl (C=O) groups is 1. The first kappa shape index (κ1) is 19.5. The molecule has 0 saturated carbocycles. The first-order valence-electron chi connectivity index (χ1n) is 8.96. The molecular formula is C20H30N2O3. The SMILES string of the molecule is CCCCOc1ccc2c(c1)CCC(CN1CC(C(=O)[O-])C1)=C2C.[NH4+]. The molecular weight excluding hydrogens is 316 g/mol. The van der Waals surface area contributed by atoms with Crippen LogP contribution in [0.3, 0.4) is 0 Å². The Labute approximate surface area is 150 Å². The van der Waals surface area contributed by atoms with Crippen LogP contribution in [0.2, 0.25) is 0 Å². The topological polar surface area (TPSA) is 89.1 Å². The number of nitrogens with zero attached hydrogens (tertiary/aromatic N) is 1. The lowest BCUT2D eigenvalue weighted by atomic mass is 9.85. The van der Waals surface area contributed by atoms with Crippen LogP contribution < -0.4 is 16.0 Å². The third kappa shape index (κ3) is 4.41. The van der Waals surface area contributed by atoms with E-state index in [1.165, 1.54) is 22.3 Å². The van der Waals surface area contributed by atoms with E-state index < -0.39 is 5.97 Å². The molecule has 5 heteroatoms. The lowest BCUT2D eigenvalue weighted by Crippen LogP contribution is -2.54. The van der Waals surface area contributed by atoms with Crippen molar-refractivity contribution in [2.24, 2.45) is 5.92 Å². The minimum atomic E-state index is -0.915. The molecule has 0 bridgehead atoms. The van der Waals surface area contributed by atoms with Crippen LogP contribution in [0, 0.1) is 5.92 Å².